The van der Waals surface area contributed by atoms with Crippen molar-refractivity contribution in [3.8, 4) is 5.75 Å². The molecule has 0 unspecified atom stereocenters. The minimum absolute atomic E-state index is 0.105. The van der Waals surface area contributed by atoms with Gasteiger partial charge in [0, 0.05) is 11.4 Å². The lowest BCUT2D eigenvalue weighted by Crippen LogP contribution is -2.14. The standard InChI is InChI=1S/C17H14ClFN2O3/c1-3-16(22)20-10-5-7-15(24-2)12(8-10)17(23)21-11-4-6-14(19)13(18)9-11/h3-9H,1H2,2H3,(H,20,22)(H,21,23). The van der Waals surface area contributed by atoms with Gasteiger partial charge in [-0.25, -0.2) is 4.39 Å². The maximum atomic E-state index is 13.2. The molecule has 2 N–H and O–H groups in total. The molecule has 7 heteroatoms. The van der Waals surface area contributed by atoms with E-state index in [9.17, 15) is 14.0 Å². The van der Waals surface area contributed by atoms with Gasteiger partial charge in [-0.05, 0) is 42.5 Å². The van der Waals surface area contributed by atoms with Gasteiger partial charge in [-0.1, -0.05) is 18.2 Å². The number of hydrogen-bond donors (Lipinski definition) is 2. The SMILES string of the molecule is C=CC(=O)Nc1ccc(OC)c(C(=O)Nc2ccc(F)c(Cl)c2)c1. The molecule has 0 atom stereocenters. The molecule has 0 aromatic heterocycles. The van der Waals surface area contributed by atoms with Crippen molar-refractivity contribution in [2.24, 2.45) is 0 Å². The van der Waals surface area contributed by atoms with Gasteiger partial charge in [-0.15, -0.1) is 0 Å². The summed E-state index contributed by atoms with van der Waals surface area (Å²) >= 11 is 5.69. The predicted octanol–water partition coefficient (Wildman–Crippen LogP) is 3.86. The number of carbonyl (C=O) groups excluding carboxylic acids is 2. The van der Waals surface area contributed by atoms with Gasteiger partial charge >= 0.3 is 0 Å². The first-order valence-electron chi connectivity index (χ1n) is 6.82. The fourth-order valence-corrected chi connectivity index (χ4v) is 2.11. The van der Waals surface area contributed by atoms with E-state index in [-0.39, 0.29) is 10.6 Å². The Morgan fingerprint density at radius 1 is 1.17 bits per heavy atom. The van der Waals surface area contributed by atoms with Crippen molar-refractivity contribution in [3.05, 3.63) is 65.5 Å². The van der Waals surface area contributed by atoms with Gasteiger partial charge in [-0.2, -0.15) is 0 Å². The first-order chi connectivity index (χ1) is 11.4. The lowest BCUT2D eigenvalue weighted by atomic mass is 10.1. The zero-order valence-corrected chi connectivity index (χ0v) is 13.5. The van der Waals surface area contributed by atoms with Gasteiger partial charge < -0.3 is 15.4 Å². The Bertz CT molecular complexity index is 808. The van der Waals surface area contributed by atoms with E-state index < -0.39 is 17.6 Å². The molecule has 0 aliphatic carbocycles. The molecule has 0 fully saturated rings. The number of benzene rings is 2. The summed E-state index contributed by atoms with van der Waals surface area (Å²) in [5.74, 6) is -1.17. The van der Waals surface area contributed by atoms with Crippen LogP contribution in [0.25, 0.3) is 0 Å². The number of amides is 2. The van der Waals surface area contributed by atoms with E-state index in [4.69, 9.17) is 16.3 Å². The van der Waals surface area contributed by atoms with Crippen LogP contribution in [0.4, 0.5) is 15.8 Å². The van der Waals surface area contributed by atoms with Crippen LogP contribution in [0, 0.1) is 5.82 Å². The topological polar surface area (TPSA) is 67.4 Å². The second kappa shape index (κ2) is 7.61. The Morgan fingerprint density at radius 2 is 1.83 bits per heavy atom. The third kappa shape index (κ3) is 4.11. The zero-order valence-electron chi connectivity index (χ0n) is 12.7. The second-order valence-corrected chi connectivity index (χ2v) is 5.10. The average Bonchev–Trinajstić information content (AvgIpc) is 2.58. The van der Waals surface area contributed by atoms with E-state index in [0.717, 1.165) is 12.1 Å². The molecule has 0 saturated heterocycles. The van der Waals surface area contributed by atoms with E-state index in [1.165, 1.54) is 25.3 Å². The fourth-order valence-electron chi connectivity index (χ4n) is 1.93. The number of anilines is 2. The van der Waals surface area contributed by atoms with Crippen molar-refractivity contribution >= 4 is 34.8 Å². The van der Waals surface area contributed by atoms with Crippen molar-refractivity contribution in [2.45, 2.75) is 0 Å². The van der Waals surface area contributed by atoms with Gasteiger partial charge in [0.15, 0.2) is 0 Å². The molecule has 0 radical (unpaired) electrons. The summed E-state index contributed by atoms with van der Waals surface area (Å²) in [6.07, 6.45) is 1.12. The van der Waals surface area contributed by atoms with Crippen LogP contribution < -0.4 is 15.4 Å². The van der Waals surface area contributed by atoms with Crippen molar-refractivity contribution in [1.82, 2.24) is 0 Å². The Balaban J connectivity index is 2.28. The molecular weight excluding hydrogens is 335 g/mol. The Kier molecular flexibility index (Phi) is 5.55. The third-order valence-corrected chi connectivity index (χ3v) is 3.36. The van der Waals surface area contributed by atoms with Crippen LogP contribution in [0.15, 0.2) is 49.1 Å². The average molecular weight is 349 g/mol. The highest BCUT2D eigenvalue weighted by Gasteiger charge is 2.15. The molecule has 24 heavy (non-hydrogen) atoms. The highest BCUT2D eigenvalue weighted by atomic mass is 35.5. The van der Waals surface area contributed by atoms with Crippen molar-refractivity contribution < 1.29 is 18.7 Å². The lowest BCUT2D eigenvalue weighted by molar-refractivity contribution is -0.111. The molecule has 0 spiro atoms. The maximum absolute atomic E-state index is 13.2. The molecule has 0 heterocycles. The van der Waals surface area contributed by atoms with Crippen LogP contribution in [0.5, 0.6) is 5.75 Å². The molecule has 0 aliphatic heterocycles. The lowest BCUT2D eigenvalue weighted by Gasteiger charge is -2.12. The van der Waals surface area contributed by atoms with Crippen molar-refractivity contribution in [2.75, 3.05) is 17.7 Å². The van der Waals surface area contributed by atoms with Gasteiger partial charge in [0.2, 0.25) is 5.91 Å². The van der Waals surface area contributed by atoms with E-state index in [1.54, 1.807) is 12.1 Å². The minimum Gasteiger partial charge on any atom is -0.496 e. The number of carbonyl (C=O) groups is 2. The highest BCUT2D eigenvalue weighted by Crippen LogP contribution is 2.25. The summed E-state index contributed by atoms with van der Waals surface area (Å²) in [7, 11) is 1.42. The Morgan fingerprint density at radius 3 is 2.46 bits per heavy atom. The van der Waals surface area contributed by atoms with Crippen molar-refractivity contribution in [3.63, 3.8) is 0 Å². The van der Waals surface area contributed by atoms with Crippen LogP contribution in [0.2, 0.25) is 5.02 Å². The summed E-state index contributed by atoms with van der Waals surface area (Å²) in [5.41, 5.74) is 0.928. The first kappa shape index (κ1) is 17.5. The monoisotopic (exact) mass is 348 g/mol. The van der Waals surface area contributed by atoms with E-state index in [0.29, 0.717) is 17.1 Å². The van der Waals surface area contributed by atoms with Crippen LogP contribution in [0.3, 0.4) is 0 Å². The summed E-state index contributed by atoms with van der Waals surface area (Å²) in [5, 5.41) is 5.04. The molecule has 2 rings (SSSR count). The predicted molar refractivity (Wildman–Crippen MR) is 91.2 cm³/mol. The number of nitrogens with one attached hydrogen (secondary N) is 2. The summed E-state index contributed by atoms with van der Waals surface area (Å²) in [6.45, 7) is 3.36. The zero-order chi connectivity index (χ0) is 17.7. The van der Waals surface area contributed by atoms with Crippen LogP contribution in [0.1, 0.15) is 10.4 Å². The number of hydrogen-bond acceptors (Lipinski definition) is 3. The second-order valence-electron chi connectivity index (χ2n) is 4.69. The van der Waals surface area contributed by atoms with Gasteiger partial charge in [0.25, 0.3) is 5.91 Å². The van der Waals surface area contributed by atoms with Gasteiger partial charge in [-0.3, -0.25) is 9.59 Å². The Hall–Kier alpha value is -2.86. The summed E-state index contributed by atoms with van der Waals surface area (Å²) in [6, 6.07) is 8.42. The van der Waals surface area contributed by atoms with E-state index in [2.05, 4.69) is 17.2 Å². The van der Waals surface area contributed by atoms with Gasteiger partial charge in [0.05, 0.1) is 17.7 Å². The largest absolute Gasteiger partial charge is 0.496 e. The fraction of sp³-hybridized carbons (Fsp3) is 0.0588. The maximum Gasteiger partial charge on any atom is 0.259 e. The molecule has 124 valence electrons. The quantitative estimate of drug-likeness (QED) is 0.806. The molecule has 2 amide bonds. The number of ether oxygens (including phenoxy) is 1. The molecule has 2 aromatic rings. The summed E-state index contributed by atoms with van der Waals surface area (Å²) < 4.78 is 18.3. The van der Waals surface area contributed by atoms with Crippen molar-refractivity contribution in [1.29, 1.82) is 0 Å². The number of methoxy groups -OCH3 is 1. The third-order valence-electron chi connectivity index (χ3n) is 3.07. The van der Waals surface area contributed by atoms with Crippen LogP contribution in [-0.2, 0) is 4.79 Å². The van der Waals surface area contributed by atoms with E-state index in [1.807, 2.05) is 0 Å². The molecular formula is C17H14ClFN2O3. The molecule has 0 saturated carbocycles. The first-order valence-corrected chi connectivity index (χ1v) is 7.20. The molecule has 0 bridgehead atoms. The smallest absolute Gasteiger partial charge is 0.259 e. The van der Waals surface area contributed by atoms with E-state index >= 15 is 0 Å². The highest BCUT2D eigenvalue weighted by molar-refractivity contribution is 6.31. The van der Waals surface area contributed by atoms with Crippen LogP contribution in [-0.4, -0.2) is 18.9 Å². The van der Waals surface area contributed by atoms with Crippen LogP contribution >= 0.6 is 11.6 Å². The molecule has 2 aromatic carbocycles. The Labute approximate surface area is 143 Å². The van der Waals surface area contributed by atoms with Gasteiger partial charge in [0.1, 0.15) is 11.6 Å². The molecule has 5 nitrogen and oxygen atoms in total. The number of rotatable bonds is 5. The number of halogens is 2. The summed E-state index contributed by atoms with van der Waals surface area (Å²) in [4.78, 5) is 23.8. The molecule has 0 aliphatic rings. The minimum atomic E-state index is -0.582. The normalized spacial score (nSPS) is 9.96.